The molecule has 0 fully saturated rings. The van der Waals surface area contributed by atoms with Crippen LogP contribution in [0.4, 0.5) is 5.13 Å². The largest absolute Gasteiger partial charge is 0.273 e. The topological polar surface area (TPSA) is 59.1 Å². The minimum absolute atomic E-state index is 0.299. The molecule has 0 radical (unpaired) electrons. The summed E-state index contributed by atoms with van der Waals surface area (Å²) in [4.78, 5) is 4.41. The number of para-hydroxylation sites is 1. The van der Waals surface area contributed by atoms with Gasteiger partial charge in [0.2, 0.25) is 0 Å². The molecule has 0 aliphatic rings. The van der Waals surface area contributed by atoms with E-state index in [2.05, 4.69) is 16.6 Å². The molecule has 0 saturated heterocycles. The third-order valence-electron chi connectivity index (χ3n) is 2.87. The van der Waals surface area contributed by atoms with Crippen molar-refractivity contribution in [3.05, 3.63) is 41.3 Å². The van der Waals surface area contributed by atoms with E-state index in [0.29, 0.717) is 9.34 Å². The fourth-order valence-electron chi connectivity index (χ4n) is 1.92. The smallest absolute Gasteiger partial charge is 0.254 e. The number of aromatic nitrogens is 1. The molecule has 104 valence electrons. The Morgan fingerprint density at radius 2 is 2.10 bits per heavy atom. The van der Waals surface area contributed by atoms with Crippen LogP contribution >= 0.6 is 22.7 Å². The third kappa shape index (κ3) is 2.44. The Bertz CT molecular complexity index is 836. The van der Waals surface area contributed by atoms with Gasteiger partial charge in [0, 0.05) is 0 Å². The fourth-order valence-corrected chi connectivity index (χ4v) is 5.06. The van der Waals surface area contributed by atoms with Crippen molar-refractivity contribution >= 4 is 48.0 Å². The van der Waals surface area contributed by atoms with Crippen LogP contribution in [-0.4, -0.2) is 13.4 Å². The fraction of sp³-hybridized carbons (Fsp3) is 0.154. The molecule has 3 rings (SSSR count). The van der Waals surface area contributed by atoms with Gasteiger partial charge in [0.25, 0.3) is 10.0 Å². The van der Waals surface area contributed by atoms with Gasteiger partial charge in [0.1, 0.15) is 4.21 Å². The summed E-state index contributed by atoms with van der Waals surface area (Å²) in [7, 11) is -3.52. The van der Waals surface area contributed by atoms with Crippen molar-refractivity contribution in [3.63, 3.8) is 0 Å². The zero-order valence-electron chi connectivity index (χ0n) is 10.7. The predicted molar refractivity (Wildman–Crippen MR) is 84.1 cm³/mol. The highest BCUT2D eigenvalue weighted by Gasteiger charge is 2.17. The predicted octanol–water partition coefficient (Wildman–Crippen LogP) is 3.72. The van der Waals surface area contributed by atoms with E-state index in [1.54, 1.807) is 17.5 Å². The first kappa shape index (κ1) is 13.5. The molecule has 0 saturated carbocycles. The van der Waals surface area contributed by atoms with Crippen LogP contribution in [0.5, 0.6) is 0 Å². The number of rotatable bonds is 4. The van der Waals surface area contributed by atoms with Gasteiger partial charge in [-0.2, -0.15) is 0 Å². The molecule has 1 aromatic carbocycles. The van der Waals surface area contributed by atoms with Crippen LogP contribution in [0.2, 0.25) is 0 Å². The summed E-state index contributed by atoms with van der Waals surface area (Å²) >= 11 is 2.54. The van der Waals surface area contributed by atoms with Gasteiger partial charge in [-0.3, -0.25) is 4.72 Å². The van der Waals surface area contributed by atoms with E-state index >= 15 is 0 Å². The average Bonchev–Trinajstić information content (AvgIpc) is 3.06. The van der Waals surface area contributed by atoms with Crippen molar-refractivity contribution < 1.29 is 8.42 Å². The number of nitrogens with one attached hydrogen (secondary N) is 1. The Morgan fingerprint density at radius 1 is 1.25 bits per heavy atom. The van der Waals surface area contributed by atoms with Crippen molar-refractivity contribution in [2.45, 2.75) is 17.6 Å². The van der Waals surface area contributed by atoms with Crippen LogP contribution in [0.1, 0.15) is 12.5 Å². The van der Waals surface area contributed by atoms with Gasteiger partial charge in [-0.05, 0) is 29.5 Å². The van der Waals surface area contributed by atoms with Gasteiger partial charge in [-0.25, -0.2) is 13.4 Å². The average molecular weight is 324 g/mol. The molecule has 3 aromatic rings. The molecule has 2 aromatic heterocycles. The summed E-state index contributed by atoms with van der Waals surface area (Å²) in [6, 6.07) is 9.23. The first-order valence-electron chi connectivity index (χ1n) is 6.05. The quantitative estimate of drug-likeness (QED) is 0.795. The second kappa shape index (κ2) is 5.16. The molecule has 0 unspecified atom stereocenters. The minimum atomic E-state index is -3.52. The molecule has 2 heterocycles. The van der Waals surface area contributed by atoms with Gasteiger partial charge in [-0.15, -0.1) is 11.3 Å². The summed E-state index contributed by atoms with van der Waals surface area (Å²) in [5.74, 6) is 0. The highest BCUT2D eigenvalue weighted by Crippen LogP contribution is 2.30. The molecule has 1 N–H and O–H groups in total. The van der Waals surface area contributed by atoms with E-state index in [4.69, 9.17) is 0 Å². The Kier molecular flexibility index (Phi) is 3.49. The maximum atomic E-state index is 12.2. The number of fused-ring (bicyclic) bond motifs is 1. The number of thiazole rings is 1. The summed E-state index contributed by atoms with van der Waals surface area (Å²) in [5.41, 5.74) is 2.00. The number of hydrogen-bond donors (Lipinski definition) is 1. The van der Waals surface area contributed by atoms with E-state index in [1.807, 2.05) is 18.2 Å². The van der Waals surface area contributed by atoms with Crippen molar-refractivity contribution in [2.24, 2.45) is 0 Å². The minimum Gasteiger partial charge on any atom is -0.254 e. The second-order valence-electron chi connectivity index (χ2n) is 4.17. The van der Waals surface area contributed by atoms with Gasteiger partial charge in [0.05, 0.1) is 10.2 Å². The number of nitrogens with zero attached hydrogens (tertiary/aromatic N) is 1. The Labute approximate surface area is 125 Å². The molecule has 0 aliphatic heterocycles. The molecule has 20 heavy (non-hydrogen) atoms. The van der Waals surface area contributed by atoms with E-state index in [9.17, 15) is 8.42 Å². The molecule has 0 bridgehead atoms. The lowest BCUT2D eigenvalue weighted by molar-refractivity contribution is 0.603. The van der Waals surface area contributed by atoms with E-state index in [-0.39, 0.29) is 0 Å². The Hall–Kier alpha value is -1.44. The molecule has 4 nitrogen and oxygen atoms in total. The van der Waals surface area contributed by atoms with Crippen molar-refractivity contribution in [1.29, 1.82) is 0 Å². The summed E-state index contributed by atoms with van der Waals surface area (Å²) < 4.78 is 28.2. The molecule has 0 spiro atoms. The molecule has 0 atom stereocenters. The van der Waals surface area contributed by atoms with Crippen molar-refractivity contribution in [2.75, 3.05) is 4.72 Å². The maximum Gasteiger partial charge on any atom is 0.273 e. The highest BCUT2D eigenvalue weighted by molar-refractivity contribution is 7.94. The molecule has 0 aliphatic carbocycles. The van der Waals surface area contributed by atoms with E-state index in [0.717, 1.165) is 22.2 Å². The number of anilines is 1. The summed E-state index contributed by atoms with van der Waals surface area (Å²) in [6.45, 7) is 2.06. The zero-order valence-corrected chi connectivity index (χ0v) is 13.1. The van der Waals surface area contributed by atoms with E-state index < -0.39 is 10.0 Å². The Morgan fingerprint density at radius 3 is 2.80 bits per heavy atom. The van der Waals surface area contributed by atoms with Crippen molar-refractivity contribution in [3.8, 4) is 0 Å². The molecule has 0 amide bonds. The normalized spacial score (nSPS) is 11.8. The monoisotopic (exact) mass is 324 g/mol. The number of hydrogen-bond acceptors (Lipinski definition) is 5. The standard InChI is InChI=1S/C13H12N2O2S3/c1-2-9-5-3-6-10-12(9)14-13(19-10)15-20(16,17)11-7-4-8-18-11/h3-8H,2H2,1H3,(H,14,15). The van der Waals surface area contributed by atoms with Gasteiger partial charge in [0.15, 0.2) is 5.13 Å². The number of benzene rings is 1. The number of thiophene rings is 1. The van der Waals surface area contributed by atoms with Gasteiger partial charge >= 0.3 is 0 Å². The van der Waals surface area contributed by atoms with Crippen LogP contribution in [0.15, 0.2) is 39.9 Å². The van der Waals surface area contributed by atoms with Gasteiger partial charge < -0.3 is 0 Å². The van der Waals surface area contributed by atoms with Crippen LogP contribution in [-0.2, 0) is 16.4 Å². The Balaban J connectivity index is 2.00. The molecular weight excluding hydrogens is 312 g/mol. The number of aryl methyl sites for hydroxylation is 1. The summed E-state index contributed by atoms with van der Waals surface area (Å²) in [5, 5.41) is 2.15. The van der Waals surface area contributed by atoms with Crippen LogP contribution < -0.4 is 4.72 Å². The van der Waals surface area contributed by atoms with Crippen LogP contribution in [0.25, 0.3) is 10.2 Å². The molecule has 7 heteroatoms. The zero-order chi connectivity index (χ0) is 14.2. The number of sulfonamides is 1. The third-order valence-corrected chi connectivity index (χ3v) is 6.67. The first-order valence-corrected chi connectivity index (χ1v) is 9.23. The second-order valence-corrected chi connectivity index (χ2v) is 8.06. The maximum absolute atomic E-state index is 12.2. The van der Waals surface area contributed by atoms with Crippen LogP contribution in [0.3, 0.4) is 0 Å². The van der Waals surface area contributed by atoms with E-state index in [1.165, 1.54) is 22.7 Å². The van der Waals surface area contributed by atoms with Gasteiger partial charge in [-0.1, -0.05) is 36.5 Å². The van der Waals surface area contributed by atoms with Crippen LogP contribution in [0, 0.1) is 0 Å². The molecular formula is C13H12N2O2S3. The first-order chi connectivity index (χ1) is 9.60. The lowest BCUT2D eigenvalue weighted by Crippen LogP contribution is -2.11. The summed E-state index contributed by atoms with van der Waals surface area (Å²) in [6.07, 6.45) is 0.873. The lowest BCUT2D eigenvalue weighted by atomic mass is 10.1. The SMILES string of the molecule is CCc1cccc2sc(NS(=O)(=O)c3cccs3)nc12. The highest BCUT2D eigenvalue weighted by atomic mass is 32.2. The lowest BCUT2D eigenvalue weighted by Gasteiger charge is -2.01. The van der Waals surface area contributed by atoms with Crippen molar-refractivity contribution in [1.82, 2.24) is 4.98 Å².